The molecule has 0 unspecified atom stereocenters. The van der Waals surface area contributed by atoms with E-state index in [1.807, 2.05) is 36.4 Å². The number of hydrogen-bond acceptors (Lipinski definition) is 7. The fraction of sp³-hybridized carbons (Fsp3) is 0.381. The largest absolute Gasteiger partial charge is 0.456 e. The highest BCUT2D eigenvalue weighted by Crippen LogP contribution is 2.21. The molecule has 0 saturated carbocycles. The standard InChI is InChI=1S/C21H23N3O4S/c1-13(2)19(24-18(26)9-15-7-5-4-6-8-15)21(27)28-11-17(25)16(10-22)20-23-14(3)12-29-20/h4-8,12-13,16,19H,9,11H2,1-3H3,(H,24,26)/t16-,19+/m1/s1. The van der Waals surface area contributed by atoms with Crippen molar-refractivity contribution >= 4 is 29.0 Å². The first-order valence-corrected chi connectivity index (χ1v) is 10.0. The number of benzene rings is 1. The summed E-state index contributed by atoms with van der Waals surface area (Å²) in [5.74, 6) is -2.88. The van der Waals surface area contributed by atoms with Gasteiger partial charge in [-0.3, -0.25) is 9.59 Å². The van der Waals surface area contributed by atoms with Crippen LogP contribution in [0.4, 0.5) is 0 Å². The summed E-state index contributed by atoms with van der Waals surface area (Å²) in [6.07, 6.45) is 0.135. The number of hydrogen-bond donors (Lipinski definition) is 1. The number of nitrogens with one attached hydrogen (secondary N) is 1. The number of nitrogens with zero attached hydrogens (tertiary/aromatic N) is 2. The second-order valence-electron chi connectivity index (χ2n) is 6.91. The lowest BCUT2D eigenvalue weighted by Gasteiger charge is -2.21. The minimum absolute atomic E-state index is 0.135. The molecule has 0 aliphatic carbocycles. The smallest absolute Gasteiger partial charge is 0.329 e. The topological polar surface area (TPSA) is 109 Å². The highest BCUT2D eigenvalue weighted by atomic mass is 32.1. The number of nitriles is 1. The number of rotatable bonds is 9. The first-order chi connectivity index (χ1) is 13.8. The summed E-state index contributed by atoms with van der Waals surface area (Å²) in [5, 5.41) is 14.1. The zero-order chi connectivity index (χ0) is 21.4. The van der Waals surface area contributed by atoms with E-state index in [9.17, 15) is 19.6 Å². The average Bonchev–Trinajstić information content (AvgIpc) is 3.11. The zero-order valence-electron chi connectivity index (χ0n) is 16.5. The fourth-order valence-corrected chi connectivity index (χ4v) is 3.45. The van der Waals surface area contributed by atoms with E-state index >= 15 is 0 Å². The molecule has 1 aromatic heterocycles. The van der Waals surface area contributed by atoms with E-state index in [-0.39, 0.29) is 18.2 Å². The molecule has 0 bridgehead atoms. The van der Waals surface area contributed by atoms with Gasteiger partial charge in [0.2, 0.25) is 5.91 Å². The van der Waals surface area contributed by atoms with Crippen molar-refractivity contribution in [3.05, 3.63) is 52.0 Å². The number of Topliss-reactive ketones (excluding diaryl/α,β-unsaturated/α-hetero) is 1. The Bertz CT molecular complexity index is 902. The van der Waals surface area contributed by atoms with E-state index < -0.39 is 30.3 Å². The molecule has 1 aromatic carbocycles. The average molecular weight is 413 g/mol. The van der Waals surface area contributed by atoms with Gasteiger partial charge < -0.3 is 10.1 Å². The Kier molecular flexibility index (Phi) is 8.04. The maximum absolute atomic E-state index is 12.4. The van der Waals surface area contributed by atoms with Gasteiger partial charge in [-0.1, -0.05) is 44.2 Å². The van der Waals surface area contributed by atoms with Crippen LogP contribution in [0.15, 0.2) is 35.7 Å². The van der Waals surface area contributed by atoms with Crippen LogP contribution in [0.5, 0.6) is 0 Å². The Morgan fingerprint density at radius 1 is 1.24 bits per heavy atom. The molecule has 1 amide bonds. The maximum Gasteiger partial charge on any atom is 0.329 e. The van der Waals surface area contributed by atoms with Crippen molar-refractivity contribution in [2.24, 2.45) is 5.92 Å². The van der Waals surface area contributed by atoms with Crippen molar-refractivity contribution < 1.29 is 19.1 Å². The van der Waals surface area contributed by atoms with Crippen LogP contribution in [-0.4, -0.2) is 35.3 Å². The third kappa shape index (κ3) is 6.50. The molecular weight excluding hydrogens is 390 g/mol. The molecule has 152 valence electrons. The molecule has 0 aliphatic rings. The van der Waals surface area contributed by atoms with Crippen LogP contribution < -0.4 is 5.32 Å². The lowest BCUT2D eigenvalue weighted by molar-refractivity contribution is -0.152. The zero-order valence-corrected chi connectivity index (χ0v) is 17.4. The molecule has 0 aliphatic heterocycles. The number of ketones is 1. The minimum atomic E-state index is -1.08. The van der Waals surface area contributed by atoms with Gasteiger partial charge in [-0.25, -0.2) is 9.78 Å². The van der Waals surface area contributed by atoms with Crippen molar-refractivity contribution in [2.45, 2.75) is 39.2 Å². The number of aromatic nitrogens is 1. The summed E-state index contributed by atoms with van der Waals surface area (Å²) in [6.45, 7) is 4.76. The van der Waals surface area contributed by atoms with Crippen LogP contribution in [0.1, 0.15) is 36.0 Å². The van der Waals surface area contributed by atoms with E-state index in [4.69, 9.17) is 4.74 Å². The molecule has 0 fully saturated rings. The first kappa shape index (κ1) is 22.2. The van der Waals surface area contributed by atoms with E-state index in [0.29, 0.717) is 5.01 Å². The lowest BCUT2D eigenvalue weighted by atomic mass is 10.0. The van der Waals surface area contributed by atoms with Crippen molar-refractivity contribution in [2.75, 3.05) is 6.61 Å². The quantitative estimate of drug-likeness (QED) is 0.633. The molecular formula is C21H23N3O4S. The molecule has 2 aromatic rings. The van der Waals surface area contributed by atoms with Crippen LogP contribution in [0.25, 0.3) is 0 Å². The first-order valence-electron chi connectivity index (χ1n) is 9.16. The Hall–Kier alpha value is -3.05. The van der Waals surface area contributed by atoms with Crippen LogP contribution >= 0.6 is 11.3 Å². The van der Waals surface area contributed by atoms with Gasteiger partial charge in [-0.05, 0) is 18.4 Å². The van der Waals surface area contributed by atoms with Gasteiger partial charge >= 0.3 is 5.97 Å². The van der Waals surface area contributed by atoms with Crippen molar-refractivity contribution in [1.29, 1.82) is 5.26 Å². The van der Waals surface area contributed by atoms with Gasteiger partial charge in [0.1, 0.15) is 11.0 Å². The summed E-state index contributed by atoms with van der Waals surface area (Å²) >= 11 is 1.21. The third-order valence-corrected chi connectivity index (χ3v) is 5.16. The summed E-state index contributed by atoms with van der Waals surface area (Å²) in [6, 6.07) is 10.2. The molecule has 2 rings (SSSR count). The number of carbonyl (C=O) groups is 3. The minimum Gasteiger partial charge on any atom is -0.456 e. The normalized spacial score (nSPS) is 12.7. The summed E-state index contributed by atoms with van der Waals surface area (Å²) in [7, 11) is 0. The predicted octanol–water partition coefficient (Wildman–Crippen LogP) is 2.55. The van der Waals surface area contributed by atoms with Gasteiger partial charge in [0.15, 0.2) is 18.3 Å². The molecule has 2 atom stereocenters. The maximum atomic E-state index is 12.4. The van der Waals surface area contributed by atoms with Crippen LogP contribution in [-0.2, 0) is 25.5 Å². The monoisotopic (exact) mass is 413 g/mol. The number of esters is 1. The van der Waals surface area contributed by atoms with Crippen molar-refractivity contribution in [3.63, 3.8) is 0 Å². The summed E-state index contributed by atoms with van der Waals surface area (Å²) in [4.78, 5) is 41.2. The van der Waals surface area contributed by atoms with Gasteiger partial charge in [-0.2, -0.15) is 5.26 Å². The molecule has 0 saturated heterocycles. The summed E-state index contributed by atoms with van der Waals surface area (Å²) in [5.41, 5.74) is 1.54. The second kappa shape index (κ2) is 10.5. The van der Waals surface area contributed by atoms with Crippen molar-refractivity contribution in [1.82, 2.24) is 10.3 Å². The molecule has 0 radical (unpaired) electrons. The Morgan fingerprint density at radius 2 is 1.93 bits per heavy atom. The van der Waals surface area contributed by atoms with E-state index in [2.05, 4.69) is 10.3 Å². The number of ether oxygens (including phenoxy) is 1. The fourth-order valence-electron chi connectivity index (χ4n) is 2.59. The highest BCUT2D eigenvalue weighted by Gasteiger charge is 2.29. The van der Waals surface area contributed by atoms with Gasteiger partial charge in [0.25, 0.3) is 0 Å². The van der Waals surface area contributed by atoms with Gasteiger partial charge in [-0.15, -0.1) is 11.3 Å². The SMILES string of the molecule is Cc1csc([C@H](C#N)C(=O)COC(=O)[C@@H](NC(=O)Cc2ccccc2)C(C)C)n1. The second-order valence-corrected chi connectivity index (χ2v) is 7.80. The van der Waals surface area contributed by atoms with E-state index in [1.54, 1.807) is 26.2 Å². The molecule has 8 heteroatoms. The van der Waals surface area contributed by atoms with Crippen LogP contribution in [0.2, 0.25) is 0 Å². The number of amides is 1. The molecule has 7 nitrogen and oxygen atoms in total. The number of aryl methyl sites for hydroxylation is 1. The number of thiazole rings is 1. The summed E-state index contributed by atoms with van der Waals surface area (Å²) < 4.78 is 5.11. The number of carbonyl (C=O) groups excluding carboxylic acids is 3. The predicted molar refractivity (Wildman–Crippen MR) is 108 cm³/mol. The van der Waals surface area contributed by atoms with Gasteiger partial charge in [0, 0.05) is 11.1 Å². The lowest BCUT2D eigenvalue weighted by Crippen LogP contribution is -2.46. The van der Waals surface area contributed by atoms with Crippen LogP contribution in [0, 0.1) is 24.2 Å². The molecule has 0 spiro atoms. The van der Waals surface area contributed by atoms with Crippen LogP contribution in [0.3, 0.4) is 0 Å². The highest BCUT2D eigenvalue weighted by molar-refractivity contribution is 7.09. The molecule has 1 N–H and O–H groups in total. The molecule has 1 heterocycles. The third-order valence-electron chi connectivity index (χ3n) is 4.14. The Labute approximate surface area is 173 Å². The molecule has 29 heavy (non-hydrogen) atoms. The van der Waals surface area contributed by atoms with E-state index in [0.717, 1.165) is 11.3 Å². The Morgan fingerprint density at radius 3 is 2.48 bits per heavy atom. The van der Waals surface area contributed by atoms with E-state index in [1.165, 1.54) is 11.3 Å². The Balaban J connectivity index is 1.94. The van der Waals surface area contributed by atoms with Gasteiger partial charge in [0.05, 0.1) is 12.5 Å². The van der Waals surface area contributed by atoms with Crippen molar-refractivity contribution in [3.8, 4) is 6.07 Å².